The molecule has 1 aromatic carbocycles. The highest BCUT2D eigenvalue weighted by molar-refractivity contribution is 5.94. The highest BCUT2D eigenvalue weighted by atomic mass is 16.4. The van der Waals surface area contributed by atoms with Gasteiger partial charge in [-0.3, -0.25) is 9.59 Å². The normalized spacial score (nSPS) is 9.66. The van der Waals surface area contributed by atoms with Gasteiger partial charge in [0.2, 0.25) is 5.91 Å². The zero-order chi connectivity index (χ0) is 21.2. The molecule has 0 radical (unpaired) electrons. The van der Waals surface area contributed by atoms with Crippen molar-refractivity contribution in [1.29, 1.82) is 0 Å². The summed E-state index contributed by atoms with van der Waals surface area (Å²) in [6, 6.07) is 5.47. The van der Waals surface area contributed by atoms with Crippen molar-refractivity contribution in [2.75, 3.05) is 11.9 Å². The van der Waals surface area contributed by atoms with Gasteiger partial charge in [0.15, 0.2) is 0 Å². The smallest absolute Gasteiger partial charge is 0.342 e. The maximum absolute atomic E-state index is 11.6. The summed E-state index contributed by atoms with van der Waals surface area (Å²) < 4.78 is 0. The molecule has 29 heavy (non-hydrogen) atoms. The maximum atomic E-state index is 11.6. The molecule has 12 heteroatoms. The number of carboxylic acids is 1. The number of nitrogens with zero attached hydrogens (tertiary/aromatic N) is 2. The van der Waals surface area contributed by atoms with E-state index in [9.17, 15) is 19.2 Å². The molecule has 0 aliphatic heterocycles. The summed E-state index contributed by atoms with van der Waals surface area (Å²) in [7, 11) is 0. The standard InChI is InChI=1S/C14H13N5O5.C3H4N2/c15-14(24)17-6-10(20)18-8-3-1-7(2-4-8)11-16-5-9(13(22)23)12(21)19-11;1-2-5-3-4-1/h1-5H,6H2,(H,18,20)(H,22,23)(H3,15,17,24)(H,16,19,21);1-3H,(H,4,5). The molecular formula is C17H17N7O5. The monoisotopic (exact) mass is 399 g/mol. The first-order valence-electron chi connectivity index (χ1n) is 8.05. The van der Waals surface area contributed by atoms with Gasteiger partial charge in [0.25, 0.3) is 5.56 Å². The average Bonchev–Trinajstić information content (AvgIpc) is 3.27. The van der Waals surface area contributed by atoms with E-state index in [-0.39, 0.29) is 12.4 Å². The Hall–Kier alpha value is -4.48. The third-order valence-electron chi connectivity index (χ3n) is 3.30. The Morgan fingerprint density at radius 1 is 1.17 bits per heavy atom. The van der Waals surface area contributed by atoms with Gasteiger partial charge in [-0.15, -0.1) is 0 Å². The average molecular weight is 399 g/mol. The third kappa shape index (κ3) is 6.63. The minimum Gasteiger partial charge on any atom is -0.477 e. The number of aromatic carboxylic acids is 1. The number of H-pyrrole nitrogens is 2. The Bertz CT molecular complexity index is 1010. The number of urea groups is 1. The highest BCUT2D eigenvalue weighted by Crippen LogP contribution is 2.17. The summed E-state index contributed by atoms with van der Waals surface area (Å²) in [4.78, 5) is 57.1. The van der Waals surface area contributed by atoms with Crippen molar-refractivity contribution in [2.24, 2.45) is 5.73 Å². The van der Waals surface area contributed by atoms with Gasteiger partial charge in [0, 0.05) is 29.8 Å². The van der Waals surface area contributed by atoms with Gasteiger partial charge < -0.3 is 31.4 Å². The molecule has 0 saturated heterocycles. The molecule has 0 unspecified atom stereocenters. The SMILES string of the molecule is NC(=O)NCC(=O)Nc1ccc(-c2ncc(C(=O)O)c(=O)[nH]2)cc1.c1c[nH]cn1. The van der Waals surface area contributed by atoms with E-state index in [1.807, 2.05) is 0 Å². The zero-order valence-electron chi connectivity index (χ0n) is 14.9. The first kappa shape index (κ1) is 20.8. The second-order valence-corrected chi connectivity index (χ2v) is 5.38. The summed E-state index contributed by atoms with van der Waals surface area (Å²) in [5.41, 5.74) is 4.62. The Morgan fingerprint density at radius 2 is 1.90 bits per heavy atom. The molecule has 2 aromatic heterocycles. The number of carbonyl (C=O) groups is 3. The van der Waals surface area contributed by atoms with Crippen molar-refractivity contribution in [3.05, 3.63) is 65.1 Å². The van der Waals surface area contributed by atoms with Gasteiger partial charge in [0.1, 0.15) is 11.4 Å². The number of benzene rings is 1. The number of carbonyl (C=O) groups excluding carboxylic acids is 2. The number of aromatic nitrogens is 4. The molecule has 12 nitrogen and oxygen atoms in total. The van der Waals surface area contributed by atoms with Crippen molar-refractivity contribution in [1.82, 2.24) is 25.3 Å². The van der Waals surface area contributed by atoms with Crippen molar-refractivity contribution in [2.45, 2.75) is 0 Å². The predicted octanol–water partition coefficient (Wildman–Crippen LogP) is 0.152. The molecule has 3 aromatic rings. The fraction of sp³-hybridized carbons (Fsp3) is 0.0588. The molecule has 0 fully saturated rings. The van der Waals surface area contributed by atoms with E-state index >= 15 is 0 Å². The Labute approximate surface area is 163 Å². The lowest BCUT2D eigenvalue weighted by atomic mass is 10.2. The van der Waals surface area contributed by atoms with Gasteiger partial charge in [-0.1, -0.05) is 0 Å². The summed E-state index contributed by atoms with van der Waals surface area (Å²) >= 11 is 0. The number of nitrogens with two attached hydrogens (primary N) is 1. The molecule has 0 aliphatic rings. The lowest BCUT2D eigenvalue weighted by Crippen LogP contribution is -2.36. The lowest BCUT2D eigenvalue weighted by Gasteiger charge is -2.07. The minimum atomic E-state index is -1.36. The van der Waals surface area contributed by atoms with Gasteiger partial charge in [-0.2, -0.15) is 0 Å². The Morgan fingerprint density at radius 3 is 2.38 bits per heavy atom. The minimum absolute atomic E-state index is 0.193. The van der Waals surface area contributed by atoms with E-state index in [4.69, 9.17) is 10.8 Å². The van der Waals surface area contributed by atoms with E-state index in [1.165, 1.54) is 0 Å². The molecule has 0 spiro atoms. The first-order valence-corrected chi connectivity index (χ1v) is 8.05. The molecule has 0 atom stereocenters. The number of carboxylic acid groups (broad SMARTS) is 1. The van der Waals surface area contributed by atoms with Crippen molar-refractivity contribution in [3.63, 3.8) is 0 Å². The van der Waals surface area contributed by atoms with E-state index < -0.39 is 29.0 Å². The number of anilines is 1. The van der Waals surface area contributed by atoms with Crippen LogP contribution in [0.1, 0.15) is 10.4 Å². The number of hydrogen-bond acceptors (Lipinski definition) is 6. The molecule has 3 rings (SSSR count). The highest BCUT2D eigenvalue weighted by Gasteiger charge is 2.11. The van der Waals surface area contributed by atoms with E-state index in [2.05, 4.69) is 30.6 Å². The molecule has 0 bridgehead atoms. The van der Waals surface area contributed by atoms with Crippen LogP contribution in [-0.4, -0.2) is 49.5 Å². The molecule has 3 amide bonds. The van der Waals surface area contributed by atoms with Crippen LogP contribution in [0.4, 0.5) is 10.5 Å². The van der Waals surface area contributed by atoms with Crippen LogP contribution in [0.2, 0.25) is 0 Å². The van der Waals surface area contributed by atoms with Crippen LogP contribution in [0.25, 0.3) is 11.4 Å². The second kappa shape index (κ2) is 10.0. The molecular weight excluding hydrogens is 382 g/mol. The van der Waals surface area contributed by atoms with E-state index in [0.717, 1.165) is 6.20 Å². The van der Waals surface area contributed by atoms with Crippen LogP contribution in [-0.2, 0) is 4.79 Å². The van der Waals surface area contributed by atoms with Crippen molar-refractivity contribution < 1.29 is 19.5 Å². The predicted molar refractivity (Wildman–Crippen MR) is 102 cm³/mol. The van der Waals surface area contributed by atoms with Crippen LogP contribution >= 0.6 is 0 Å². The van der Waals surface area contributed by atoms with Crippen LogP contribution < -0.4 is 21.9 Å². The van der Waals surface area contributed by atoms with Crippen molar-refractivity contribution in [3.8, 4) is 11.4 Å². The number of hydrogen-bond donors (Lipinski definition) is 6. The fourth-order valence-corrected chi connectivity index (χ4v) is 1.99. The van der Waals surface area contributed by atoms with E-state index in [0.29, 0.717) is 11.3 Å². The molecule has 2 heterocycles. The number of amides is 3. The fourth-order valence-electron chi connectivity index (χ4n) is 1.99. The lowest BCUT2D eigenvalue weighted by molar-refractivity contribution is -0.115. The second-order valence-electron chi connectivity index (χ2n) is 5.38. The Kier molecular flexibility index (Phi) is 7.19. The summed E-state index contributed by atoms with van der Waals surface area (Å²) in [5.74, 6) is -1.63. The number of aromatic amines is 2. The Balaban J connectivity index is 0.000000521. The van der Waals surface area contributed by atoms with Gasteiger partial charge in [-0.25, -0.2) is 19.6 Å². The number of primary amides is 1. The molecule has 150 valence electrons. The molecule has 0 saturated carbocycles. The maximum Gasteiger partial charge on any atom is 0.342 e. The number of nitrogens with one attached hydrogen (secondary N) is 4. The summed E-state index contributed by atoms with van der Waals surface area (Å²) in [5, 5.41) is 13.5. The van der Waals surface area contributed by atoms with Gasteiger partial charge in [-0.05, 0) is 24.3 Å². The third-order valence-corrected chi connectivity index (χ3v) is 3.30. The summed E-state index contributed by atoms with van der Waals surface area (Å²) in [6.07, 6.45) is 6.06. The van der Waals surface area contributed by atoms with Gasteiger partial charge in [0.05, 0.1) is 12.9 Å². The van der Waals surface area contributed by atoms with Crippen molar-refractivity contribution >= 4 is 23.6 Å². The van der Waals surface area contributed by atoms with Crippen LogP contribution in [0.3, 0.4) is 0 Å². The number of rotatable bonds is 5. The number of imidazole rings is 1. The molecule has 0 aliphatic carbocycles. The van der Waals surface area contributed by atoms with Crippen LogP contribution in [0, 0.1) is 0 Å². The topological polar surface area (TPSA) is 196 Å². The zero-order valence-corrected chi connectivity index (χ0v) is 14.9. The molecule has 7 N–H and O–H groups in total. The quantitative estimate of drug-likeness (QED) is 0.351. The first-order chi connectivity index (χ1) is 13.9. The van der Waals surface area contributed by atoms with Crippen LogP contribution in [0.15, 0.2) is 54.0 Å². The van der Waals surface area contributed by atoms with Crippen LogP contribution in [0.5, 0.6) is 0 Å². The summed E-state index contributed by atoms with van der Waals surface area (Å²) in [6.45, 7) is -0.261. The van der Waals surface area contributed by atoms with Gasteiger partial charge >= 0.3 is 12.0 Å². The largest absolute Gasteiger partial charge is 0.477 e. The van der Waals surface area contributed by atoms with E-state index in [1.54, 1.807) is 43.0 Å².